The van der Waals surface area contributed by atoms with E-state index >= 15 is 0 Å². The topological polar surface area (TPSA) is 64.1 Å². The van der Waals surface area contributed by atoms with E-state index in [1.807, 2.05) is 48.2 Å². The molecule has 1 saturated heterocycles. The number of amides is 1. The van der Waals surface area contributed by atoms with Gasteiger partial charge in [-0.05, 0) is 68.6 Å². The molecule has 1 amide bonds. The van der Waals surface area contributed by atoms with Crippen molar-refractivity contribution >= 4 is 17.6 Å². The number of carbonyl (C=O) groups excluding carboxylic acids is 1. The first kappa shape index (κ1) is 22.2. The van der Waals surface area contributed by atoms with E-state index in [0.29, 0.717) is 18.7 Å². The van der Waals surface area contributed by atoms with Gasteiger partial charge in [0.05, 0.1) is 0 Å². The molecule has 156 valence electrons. The fourth-order valence-electron chi connectivity index (χ4n) is 4.06. The SMILES string of the molecule is CCN(CC)CCC1CN(C(=O)c2ccc(N(C)C)cc2)CCC1CC(=O)O. The van der Waals surface area contributed by atoms with Crippen LogP contribution in [0.25, 0.3) is 0 Å². The highest BCUT2D eigenvalue weighted by molar-refractivity contribution is 5.94. The molecule has 1 aromatic carbocycles. The minimum atomic E-state index is -0.739. The lowest BCUT2D eigenvalue weighted by molar-refractivity contribution is -0.139. The highest BCUT2D eigenvalue weighted by atomic mass is 16.4. The molecule has 2 rings (SSSR count). The van der Waals surface area contributed by atoms with E-state index in [1.54, 1.807) is 0 Å². The van der Waals surface area contributed by atoms with Crippen molar-refractivity contribution in [2.24, 2.45) is 11.8 Å². The van der Waals surface area contributed by atoms with Crippen molar-refractivity contribution < 1.29 is 14.7 Å². The molecular formula is C22H35N3O3. The maximum absolute atomic E-state index is 13.0. The van der Waals surface area contributed by atoms with Crippen LogP contribution in [-0.4, -0.2) is 73.6 Å². The number of likely N-dealkylation sites (tertiary alicyclic amines) is 1. The molecule has 0 aromatic heterocycles. The highest BCUT2D eigenvalue weighted by Crippen LogP contribution is 2.30. The monoisotopic (exact) mass is 389 g/mol. The maximum Gasteiger partial charge on any atom is 0.303 e. The van der Waals surface area contributed by atoms with Gasteiger partial charge >= 0.3 is 5.97 Å². The second-order valence-corrected chi connectivity index (χ2v) is 7.91. The van der Waals surface area contributed by atoms with Crippen LogP contribution in [0.5, 0.6) is 0 Å². The summed E-state index contributed by atoms with van der Waals surface area (Å²) in [6.45, 7) is 8.51. The average molecular weight is 390 g/mol. The molecule has 0 spiro atoms. The Kier molecular flexibility index (Phi) is 8.30. The van der Waals surface area contributed by atoms with Crippen molar-refractivity contribution in [1.82, 2.24) is 9.80 Å². The molecular weight excluding hydrogens is 354 g/mol. The van der Waals surface area contributed by atoms with Crippen molar-refractivity contribution in [3.05, 3.63) is 29.8 Å². The summed E-state index contributed by atoms with van der Waals surface area (Å²) >= 11 is 0. The molecule has 1 aliphatic heterocycles. The molecule has 28 heavy (non-hydrogen) atoms. The number of anilines is 1. The van der Waals surface area contributed by atoms with Gasteiger partial charge in [-0.3, -0.25) is 9.59 Å². The zero-order valence-corrected chi connectivity index (χ0v) is 17.7. The third kappa shape index (κ3) is 5.96. The summed E-state index contributed by atoms with van der Waals surface area (Å²) in [4.78, 5) is 30.6. The Labute approximate surface area is 169 Å². The molecule has 1 heterocycles. The van der Waals surface area contributed by atoms with Crippen LogP contribution in [0.3, 0.4) is 0 Å². The molecule has 1 aliphatic rings. The molecule has 0 saturated carbocycles. The highest BCUT2D eigenvalue weighted by Gasteiger charge is 2.33. The number of nitrogens with zero attached hydrogens (tertiary/aromatic N) is 3. The summed E-state index contributed by atoms with van der Waals surface area (Å²) < 4.78 is 0. The van der Waals surface area contributed by atoms with E-state index in [1.165, 1.54) is 0 Å². The van der Waals surface area contributed by atoms with E-state index in [2.05, 4.69) is 18.7 Å². The smallest absolute Gasteiger partial charge is 0.303 e. The standard InChI is InChI=1S/C22H35N3O3/c1-5-24(6-2)13-11-19-16-25(14-12-18(19)15-21(26)27)22(28)17-7-9-20(10-8-17)23(3)4/h7-10,18-19H,5-6,11-16H2,1-4H3,(H,26,27). The van der Waals surface area contributed by atoms with E-state index in [4.69, 9.17) is 0 Å². The number of aliphatic carboxylic acids is 1. The van der Waals surface area contributed by atoms with Crippen molar-refractivity contribution in [2.45, 2.75) is 33.1 Å². The molecule has 1 N–H and O–H groups in total. The Bertz CT molecular complexity index is 641. The minimum Gasteiger partial charge on any atom is -0.481 e. The number of carboxylic acids is 1. The summed E-state index contributed by atoms with van der Waals surface area (Å²) in [6.07, 6.45) is 1.89. The Balaban J connectivity index is 2.07. The van der Waals surface area contributed by atoms with Gasteiger partial charge in [-0.15, -0.1) is 0 Å². The molecule has 0 aliphatic carbocycles. The van der Waals surface area contributed by atoms with Gasteiger partial charge in [-0.1, -0.05) is 13.8 Å². The number of carbonyl (C=O) groups is 2. The number of hydrogen-bond donors (Lipinski definition) is 1. The zero-order chi connectivity index (χ0) is 20.7. The normalized spacial score (nSPS) is 19.7. The van der Waals surface area contributed by atoms with Gasteiger partial charge in [0.15, 0.2) is 0 Å². The third-order valence-electron chi connectivity index (χ3n) is 5.96. The van der Waals surface area contributed by atoms with Crippen molar-refractivity contribution in [3.63, 3.8) is 0 Å². The lowest BCUT2D eigenvalue weighted by atomic mass is 9.81. The van der Waals surface area contributed by atoms with Crippen LogP contribution in [0.2, 0.25) is 0 Å². The number of carboxylic acid groups (broad SMARTS) is 1. The molecule has 2 atom stereocenters. The number of piperidine rings is 1. The summed E-state index contributed by atoms with van der Waals surface area (Å²) in [5, 5.41) is 9.28. The summed E-state index contributed by atoms with van der Waals surface area (Å²) in [7, 11) is 3.95. The van der Waals surface area contributed by atoms with Gasteiger partial charge in [-0.25, -0.2) is 0 Å². The first-order valence-electron chi connectivity index (χ1n) is 10.4. The lowest BCUT2D eigenvalue weighted by Crippen LogP contribution is -2.45. The predicted molar refractivity (Wildman–Crippen MR) is 113 cm³/mol. The van der Waals surface area contributed by atoms with E-state index < -0.39 is 5.97 Å². The third-order valence-corrected chi connectivity index (χ3v) is 5.96. The molecule has 2 unspecified atom stereocenters. The van der Waals surface area contributed by atoms with Crippen molar-refractivity contribution in [1.29, 1.82) is 0 Å². The Morgan fingerprint density at radius 1 is 1.11 bits per heavy atom. The van der Waals surface area contributed by atoms with Crippen molar-refractivity contribution in [3.8, 4) is 0 Å². The second kappa shape index (κ2) is 10.5. The lowest BCUT2D eigenvalue weighted by Gasteiger charge is -2.39. The maximum atomic E-state index is 13.0. The van der Waals surface area contributed by atoms with Gasteiger partial charge in [0.25, 0.3) is 5.91 Å². The van der Waals surface area contributed by atoms with Crippen LogP contribution in [-0.2, 0) is 4.79 Å². The number of hydrogen-bond acceptors (Lipinski definition) is 4. The van der Waals surface area contributed by atoms with Gasteiger partial charge in [0, 0.05) is 44.9 Å². The van der Waals surface area contributed by atoms with Crippen LogP contribution in [0.4, 0.5) is 5.69 Å². The fraction of sp³-hybridized carbons (Fsp3) is 0.636. The second-order valence-electron chi connectivity index (χ2n) is 7.91. The van der Waals surface area contributed by atoms with Gasteiger partial charge in [0.1, 0.15) is 0 Å². The average Bonchev–Trinajstić information content (AvgIpc) is 2.69. The molecule has 1 fully saturated rings. The molecule has 0 radical (unpaired) electrons. The van der Waals surface area contributed by atoms with E-state index in [-0.39, 0.29) is 24.2 Å². The quantitative estimate of drug-likeness (QED) is 0.703. The first-order chi connectivity index (χ1) is 13.3. The first-order valence-corrected chi connectivity index (χ1v) is 10.4. The molecule has 6 heteroatoms. The minimum absolute atomic E-state index is 0.0481. The summed E-state index contributed by atoms with van der Waals surface area (Å²) in [5.41, 5.74) is 1.76. The predicted octanol–water partition coefficient (Wildman–Crippen LogP) is 3.04. The van der Waals surface area contributed by atoms with Crippen LogP contribution in [0.1, 0.15) is 43.5 Å². The summed E-state index contributed by atoms with van der Waals surface area (Å²) in [5.74, 6) is -0.313. The van der Waals surface area contributed by atoms with Crippen LogP contribution >= 0.6 is 0 Å². The van der Waals surface area contributed by atoms with Crippen molar-refractivity contribution in [2.75, 3.05) is 51.7 Å². The van der Waals surface area contributed by atoms with Crippen LogP contribution in [0.15, 0.2) is 24.3 Å². The number of rotatable bonds is 9. The zero-order valence-electron chi connectivity index (χ0n) is 17.7. The Hall–Kier alpha value is -2.08. The Morgan fingerprint density at radius 2 is 1.75 bits per heavy atom. The van der Waals surface area contributed by atoms with E-state index in [0.717, 1.165) is 38.2 Å². The van der Waals surface area contributed by atoms with E-state index in [9.17, 15) is 14.7 Å². The Morgan fingerprint density at radius 3 is 2.29 bits per heavy atom. The van der Waals surface area contributed by atoms with Gasteiger partial charge in [-0.2, -0.15) is 0 Å². The molecule has 0 bridgehead atoms. The largest absolute Gasteiger partial charge is 0.481 e. The number of benzene rings is 1. The van der Waals surface area contributed by atoms with Crippen LogP contribution < -0.4 is 4.90 Å². The molecule has 1 aromatic rings. The van der Waals surface area contributed by atoms with Gasteiger partial charge < -0.3 is 19.8 Å². The van der Waals surface area contributed by atoms with Crippen LogP contribution in [0, 0.1) is 11.8 Å². The fourth-order valence-corrected chi connectivity index (χ4v) is 4.06. The van der Waals surface area contributed by atoms with Gasteiger partial charge in [0.2, 0.25) is 0 Å². The molecule has 6 nitrogen and oxygen atoms in total. The summed E-state index contributed by atoms with van der Waals surface area (Å²) in [6, 6.07) is 7.68.